The van der Waals surface area contributed by atoms with Gasteiger partial charge in [0, 0.05) is 12.2 Å². The molecule has 1 atom stereocenters. The van der Waals surface area contributed by atoms with Crippen LogP contribution < -0.4 is 5.32 Å². The van der Waals surface area contributed by atoms with Crippen LogP contribution in [-0.4, -0.2) is 34.0 Å². The van der Waals surface area contributed by atoms with Gasteiger partial charge in [0.15, 0.2) is 0 Å². The average Bonchev–Trinajstić information content (AvgIpc) is 2.95. The maximum absolute atomic E-state index is 12.0. The molecule has 0 bridgehead atoms. The molecule has 1 aromatic carbocycles. The van der Waals surface area contributed by atoms with Crippen molar-refractivity contribution >= 4 is 23.6 Å². The third-order valence-corrected chi connectivity index (χ3v) is 5.24. The number of carboxylic acids is 1. The molecule has 1 saturated heterocycles. The number of carboxylic acid groups (broad SMARTS) is 1. The number of nitrogens with one attached hydrogen (secondary N) is 1. The maximum atomic E-state index is 12.0. The van der Waals surface area contributed by atoms with Crippen molar-refractivity contribution in [3.05, 3.63) is 35.4 Å². The van der Waals surface area contributed by atoms with Crippen LogP contribution >= 0.6 is 11.8 Å². The van der Waals surface area contributed by atoms with Gasteiger partial charge in [-0.2, -0.15) is 11.8 Å². The first-order valence-electron chi connectivity index (χ1n) is 7.69. The van der Waals surface area contributed by atoms with Crippen molar-refractivity contribution < 1.29 is 14.7 Å². The van der Waals surface area contributed by atoms with Crippen LogP contribution in [0.15, 0.2) is 24.3 Å². The lowest BCUT2D eigenvalue weighted by atomic mass is 9.98. The van der Waals surface area contributed by atoms with Crippen molar-refractivity contribution in [2.24, 2.45) is 0 Å². The number of aryl methyl sites for hydroxylation is 2. The fraction of sp³-hybridized carbons (Fsp3) is 0.529. The van der Waals surface area contributed by atoms with Crippen molar-refractivity contribution in [2.75, 3.05) is 11.5 Å². The molecular formula is C17H23NO3S. The lowest BCUT2D eigenvalue weighted by molar-refractivity contribution is -0.146. The highest BCUT2D eigenvalue weighted by Crippen LogP contribution is 2.28. The Bertz CT molecular complexity index is 521. The van der Waals surface area contributed by atoms with Crippen LogP contribution in [-0.2, 0) is 16.0 Å². The van der Waals surface area contributed by atoms with Crippen LogP contribution in [0, 0.1) is 6.92 Å². The fourth-order valence-corrected chi connectivity index (χ4v) is 3.91. The number of carbonyl (C=O) groups excluding carboxylic acids is 1. The zero-order chi connectivity index (χ0) is 16.0. The molecule has 2 rings (SSSR count). The van der Waals surface area contributed by atoms with Gasteiger partial charge >= 0.3 is 5.97 Å². The number of unbranched alkanes of at least 4 members (excludes halogenated alkanes) is 1. The summed E-state index contributed by atoms with van der Waals surface area (Å²) >= 11 is 1.58. The predicted molar refractivity (Wildman–Crippen MR) is 89.2 cm³/mol. The summed E-state index contributed by atoms with van der Waals surface area (Å²) in [6, 6.07) is 8.42. The van der Waals surface area contributed by atoms with E-state index in [-0.39, 0.29) is 5.91 Å². The van der Waals surface area contributed by atoms with Gasteiger partial charge in [-0.25, -0.2) is 4.79 Å². The van der Waals surface area contributed by atoms with Crippen molar-refractivity contribution in [1.82, 2.24) is 5.32 Å². The maximum Gasteiger partial charge on any atom is 0.330 e. The fourth-order valence-electron chi connectivity index (χ4n) is 2.58. The van der Waals surface area contributed by atoms with E-state index in [1.165, 1.54) is 11.1 Å². The Hall–Kier alpha value is -1.49. The number of rotatable bonds is 7. The number of benzene rings is 1. The Labute approximate surface area is 135 Å². The highest BCUT2D eigenvalue weighted by molar-refractivity contribution is 7.99. The van der Waals surface area contributed by atoms with Crippen LogP contribution in [0.5, 0.6) is 0 Å². The van der Waals surface area contributed by atoms with Crippen LogP contribution in [0.1, 0.15) is 36.8 Å². The van der Waals surface area contributed by atoms with Gasteiger partial charge in [0.05, 0.1) is 0 Å². The summed E-state index contributed by atoms with van der Waals surface area (Å²) in [6.45, 7) is 2.06. The summed E-state index contributed by atoms with van der Waals surface area (Å²) in [5, 5.41) is 12.1. The molecule has 0 spiro atoms. The van der Waals surface area contributed by atoms with Crippen LogP contribution in [0.4, 0.5) is 0 Å². The van der Waals surface area contributed by atoms with Crippen molar-refractivity contribution in [2.45, 2.75) is 44.6 Å². The summed E-state index contributed by atoms with van der Waals surface area (Å²) in [5.74, 6) is 0.205. The first kappa shape index (κ1) is 16.9. The van der Waals surface area contributed by atoms with Gasteiger partial charge in [0.25, 0.3) is 0 Å². The number of hydrogen-bond acceptors (Lipinski definition) is 3. The summed E-state index contributed by atoms with van der Waals surface area (Å²) < 4.78 is 0. The first-order valence-corrected chi connectivity index (χ1v) is 8.85. The van der Waals surface area contributed by atoms with Gasteiger partial charge in [0.2, 0.25) is 5.91 Å². The molecule has 1 unspecified atom stereocenters. The Morgan fingerprint density at radius 3 is 2.59 bits per heavy atom. The van der Waals surface area contributed by atoms with E-state index in [9.17, 15) is 14.7 Å². The van der Waals surface area contributed by atoms with Gasteiger partial charge in [-0.3, -0.25) is 4.79 Å². The zero-order valence-electron chi connectivity index (χ0n) is 12.9. The van der Waals surface area contributed by atoms with Crippen molar-refractivity contribution in [3.8, 4) is 0 Å². The van der Waals surface area contributed by atoms with Gasteiger partial charge in [-0.15, -0.1) is 0 Å². The second kappa shape index (κ2) is 7.68. The molecule has 1 aliphatic heterocycles. The van der Waals surface area contributed by atoms with E-state index >= 15 is 0 Å². The molecule has 1 aliphatic rings. The monoisotopic (exact) mass is 321 g/mol. The smallest absolute Gasteiger partial charge is 0.330 e. The summed E-state index contributed by atoms with van der Waals surface area (Å²) in [6.07, 6.45) is 3.58. The van der Waals surface area contributed by atoms with Crippen LogP contribution in [0.2, 0.25) is 0 Å². The third-order valence-electron chi connectivity index (χ3n) is 4.05. The minimum absolute atomic E-state index is 0.145. The first-order chi connectivity index (χ1) is 10.5. The average molecular weight is 321 g/mol. The minimum Gasteiger partial charge on any atom is -0.479 e. The standard InChI is InChI=1S/C17H23NO3S/c1-13-6-8-14(9-7-13)4-2-3-5-15(19)18-17(16(20)21)10-11-22-12-17/h6-9H,2-5,10-12H2,1H3,(H,18,19)(H,20,21). The SMILES string of the molecule is Cc1ccc(CCCCC(=O)NC2(C(=O)O)CCSC2)cc1. The summed E-state index contributed by atoms with van der Waals surface area (Å²) in [7, 11) is 0. The van der Waals surface area contributed by atoms with Crippen molar-refractivity contribution in [3.63, 3.8) is 0 Å². The molecule has 1 fully saturated rings. The molecule has 0 aromatic heterocycles. The van der Waals surface area contributed by atoms with Crippen LogP contribution in [0.25, 0.3) is 0 Å². The second-order valence-electron chi connectivity index (χ2n) is 5.93. The largest absolute Gasteiger partial charge is 0.479 e. The van der Waals surface area contributed by atoms with Gasteiger partial charge < -0.3 is 10.4 Å². The van der Waals surface area contributed by atoms with E-state index < -0.39 is 11.5 Å². The van der Waals surface area contributed by atoms with E-state index in [0.717, 1.165) is 25.0 Å². The van der Waals surface area contributed by atoms with Crippen LogP contribution in [0.3, 0.4) is 0 Å². The van der Waals surface area contributed by atoms with E-state index in [2.05, 4.69) is 36.5 Å². The Balaban J connectivity index is 1.71. The second-order valence-corrected chi connectivity index (χ2v) is 7.04. The molecular weight excluding hydrogens is 298 g/mol. The molecule has 22 heavy (non-hydrogen) atoms. The third kappa shape index (κ3) is 4.50. The molecule has 2 N–H and O–H groups in total. The molecule has 1 heterocycles. The Morgan fingerprint density at radius 1 is 1.27 bits per heavy atom. The Morgan fingerprint density at radius 2 is 2.00 bits per heavy atom. The molecule has 4 nitrogen and oxygen atoms in total. The predicted octanol–water partition coefficient (Wildman–Crippen LogP) is 2.78. The molecule has 1 amide bonds. The highest BCUT2D eigenvalue weighted by Gasteiger charge is 2.42. The molecule has 5 heteroatoms. The topological polar surface area (TPSA) is 66.4 Å². The minimum atomic E-state index is -1.04. The Kier molecular flexibility index (Phi) is 5.89. The van der Waals surface area contributed by atoms with E-state index in [1.54, 1.807) is 11.8 Å². The number of hydrogen-bond donors (Lipinski definition) is 2. The normalized spacial score (nSPS) is 20.8. The molecule has 0 saturated carbocycles. The zero-order valence-corrected chi connectivity index (χ0v) is 13.7. The summed E-state index contributed by atoms with van der Waals surface area (Å²) in [5.41, 5.74) is 1.48. The molecule has 0 aliphatic carbocycles. The number of aliphatic carboxylic acids is 1. The van der Waals surface area contributed by atoms with E-state index in [1.807, 2.05) is 0 Å². The lowest BCUT2D eigenvalue weighted by Crippen LogP contribution is -2.54. The van der Waals surface area contributed by atoms with E-state index in [4.69, 9.17) is 0 Å². The van der Waals surface area contributed by atoms with Gasteiger partial charge in [-0.1, -0.05) is 29.8 Å². The quantitative estimate of drug-likeness (QED) is 0.758. The lowest BCUT2D eigenvalue weighted by Gasteiger charge is -2.24. The van der Waals surface area contributed by atoms with Crippen molar-refractivity contribution in [1.29, 1.82) is 0 Å². The number of amides is 1. The van der Waals surface area contributed by atoms with Gasteiger partial charge in [-0.05, 0) is 43.9 Å². The molecule has 0 radical (unpaired) electrons. The number of carbonyl (C=O) groups is 2. The highest BCUT2D eigenvalue weighted by atomic mass is 32.2. The van der Waals surface area contributed by atoms with Gasteiger partial charge in [0.1, 0.15) is 5.54 Å². The molecule has 120 valence electrons. The number of thioether (sulfide) groups is 1. The molecule has 1 aromatic rings. The van der Waals surface area contributed by atoms with E-state index in [0.29, 0.717) is 18.6 Å². The summed E-state index contributed by atoms with van der Waals surface area (Å²) in [4.78, 5) is 23.4.